The zero-order chi connectivity index (χ0) is 12.3. The average Bonchev–Trinajstić information content (AvgIpc) is 2.78. The zero-order valence-corrected chi connectivity index (χ0v) is 9.80. The quantitative estimate of drug-likeness (QED) is 0.627. The van der Waals surface area contributed by atoms with Crippen LogP contribution in [0.15, 0.2) is 18.3 Å². The van der Waals surface area contributed by atoms with E-state index in [0.717, 1.165) is 31.7 Å². The number of rotatable bonds is 4. The number of nitrogens with zero attached hydrogens (tertiary/aromatic N) is 3. The maximum absolute atomic E-state index is 10.5. The summed E-state index contributed by atoms with van der Waals surface area (Å²) in [6, 6.07) is 3.68. The number of anilines is 1. The Morgan fingerprint density at radius 3 is 3.06 bits per heavy atom. The number of nitro groups is 1. The highest BCUT2D eigenvalue weighted by Crippen LogP contribution is 2.24. The molecule has 0 bridgehead atoms. The Kier molecular flexibility index (Phi) is 3.53. The van der Waals surface area contributed by atoms with Crippen LogP contribution < -0.4 is 10.2 Å². The minimum absolute atomic E-state index is 0.0399. The molecule has 1 aromatic heterocycles. The number of likely N-dealkylation sites (N-methyl/N-ethyl adjacent to an activating group) is 1. The molecule has 0 aliphatic carbocycles. The highest BCUT2D eigenvalue weighted by Gasteiger charge is 2.25. The van der Waals surface area contributed by atoms with E-state index in [1.165, 1.54) is 12.3 Å². The van der Waals surface area contributed by atoms with E-state index in [1.807, 2.05) is 7.05 Å². The summed E-state index contributed by atoms with van der Waals surface area (Å²) < 4.78 is 0. The summed E-state index contributed by atoms with van der Waals surface area (Å²) in [4.78, 5) is 16.5. The predicted octanol–water partition coefficient (Wildman–Crippen LogP) is 1.18. The minimum atomic E-state index is -0.425. The Labute approximate surface area is 99.8 Å². The molecule has 1 unspecified atom stereocenters. The van der Waals surface area contributed by atoms with E-state index in [0.29, 0.717) is 6.04 Å². The van der Waals surface area contributed by atoms with E-state index in [1.54, 1.807) is 6.07 Å². The lowest BCUT2D eigenvalue weighted by atomic mass is 10.2. The lowest BCUT2D eigenvalue weighted by Crippen LogP contribution is -2.37. The summed E-state index contributed by atoms with van der Waals surface area (Å²) in [6.07, 6.45) is 3.61. The van der Waals surface area contributed by atoms with Crippen molar-refractivity contribution in [3.63, 3.8) is 0 Å². The first kappa shape index (κ1) is 11.8. The highest BCUT2D eigenvalue weighted by atomic mass is 16.6. The molecule has 0 saturated carbocycles. The summed E-state index contributed by atoms with van der Waals surface area (Å²) in [5.74, 6) is 0.827. The summed E-state index contributed by atoms with van der Waals surface area (Å²) in [5, 5.41) is 13.7. The molecule has 1 aromatic rings. The lowest BCUT2D eigenvalue weighted by molar-refractivity contribution is -0.385. The van der Waals surface area contributed by atoms with Gasteiger partial charge in [-0.15, -0.1) is 0 Å². The van der Waals surface area contributed by atoms with Gasteiger partial charge in [0.05, 0.1) is 4.92 Å². The molecule has 1 N–H and O–H groups in total. The van der Waals surface area contributed by atoms with Gasteiger partial charge in [-0.1, -0.05) is 0 Å². The van der Waals surface area contributed by atoms with Gasteiger partial charge < -0.3 is 10.2 Å². The summed E-state index contributed by atoms with van der Waals surface area (Å²) in [7, 11) is 1.93. The molecule has 6 heteroatoms. The SMILES string of the molecule is CNCC1CCCN1c1ccc([N+](=O)[O-])cn1. The van der Waals surface area contributed by atoms with Gasteiger partial charge in [0, 0.05) is 25.2 Å². The van der Waals surface area contributed by atoms with Gasteiger partial charge in [-0.2, -0.15) is 0 Å². The summed E-state index contributed by atoms with van der Waals surface area (Å²) >= 11 is 0. The van der Waals surface area contributed by atoms with Gasteiger partial charge in [0.2, 0.25) is 0 Å². The Balaban J connectivity index is 2.13. The van der Waals surface area contributed by atoms with Crippen LogP contribution in [0.2, 0.25) is 0 Å². The molecule has 0 aromatic carbocycles. The normalized spacial score (nSPS) is 19.6. The Bertz CT molecular complexity index is 393. The molecule has 1 fully saturated rings. The molecule has 92 valence electrons. The largest absolute Gasteiger partial charge is 0.352 e. The van der Waals surface area contributed by atoms with Crippen molar-refractivity contribution in [2.45, 2.75) is 18.9 Å². The molecular formula is C11H16N4O2. The standard InChI is InChI=1S/C11H16N4O2/c1-12-7-9-3-2-6-14(9)11-5-4-10(8-13-11)15(16)17/h4-5,8-9,12H,2-3,6-7H2,1H3. The van der Waals surface area contributed by atoms with E-state index in [2.05, 4.69) is 15.2 Å². The molecule has 0 amide bonds. The minimum Gasteiger partial charge on any atom is -0.352 e. The van der Waals surface area contributed by atoms with Crippen molar-refractivity contribution in [3.8, 4) is 0 Å². The Morgan fingerprint density at radius 1 is 1.65 bits per heavy atom. The van der Waals surface area contributed by atoms with Crippen molar-refractivity contribution < 1.29 is 4.92 Å². The van der Waals surface area contributed by atoms with Crippen LogP contribution in [0.25, 0.3) is 0 Å². The Hall–Kier alpha value is -1.69. The molecule has 0 radical (unpaired) electrons. The van der Waals surface area contributed by atoms with Gasteiger partial charge in [-0.05, 0) is 26.0 Å². The maximum atomic E-state index is 10.5. The monoisotopic (exact) mass is 236 g/mol. The molecule has 6 nitrogen and oxygen atoms in total. The molecule has 2 heterocycles. The first-order valence-corrected chi connectivity index (χ1v) is 5.74. The van der Waals surface area contributed by atoms with Gasteiger partial charge in [-0.3, -0.25) is 10.1 Å². The molecule has 1 atom stereocenters. The zero-order valence-electron chi connectivity index (χ0n) is 9.80. The second-order valence-corrected chi connectivity index (χ2v) is 4.18. The van der Waals surface area contributed by atoms with Crippen molar-refractivity contribution in [2.24, 2.45) is 0 Å². The van der Waals surface area contributed by atoms with Crippen LogP contribution in [0.1, 0.15) is 12.8 Å². The van der Waals surface area contributed by atoms with Gasteiger partial charge in [0.15, 0.2) is 0 Å². The van der Waals surface area contributed by atoms with E-state index in [-0.39, 0.29) is 5.69 Å². The number of pyridine rings is 1. The average molecular weight is 236 g/mol. The molecule has 1 saturated heterocycles. The van der Waals surface area contributed by atoms with Gasteiger partial charge in [0.1, 0.15) is 12.0 Å². The van der Waals surface area contributed by atoms with Crippen LogP contribution in [-0.2, 0) is 0 Å². The van der Waals surface area contributed by atoms with Crippen molar-refractivity contribution in [1.82, 2.24) is 10.3 Å². The molecule has 2 rings (SSSR count). The maximum Gasteiger partial charge on any atom is 0.287 e. The third-order valence-electron chi connectivity index (χ3n) is 3.05. The van der Waals surface area contributed by atoms with Crippen molar-refractivity contribution >= 4 is 11.5 Å². The number of hydrogen-bond donors (Lipinski definition) is 1. The third kappa shape index (κ3) is 2.52. The van der Waals surface area contributed by atoms with Crippen molar-refractivity contribution in [1.29, 1.82) is 0 Å². The fourth-order valence-electron chi connectivity index (χ4n) is 2.24. The third-order valence-corrected chi connectivity index (χ3v) is 3.05. The Morgan fingerprint density at radius 2 is 2.47 bits per heavy atom. The molecular weight excluding hydrogens is 220 g/mol. The first-order chi connectivity index (χ1) is 8.22. The van der Waals surface area contributed by atoms with E-state index in [4.69, 9.17) is 0 Å². The van der Waals surface area contributed by atoms with Crippen LogP contribution >= 0.6 is 0 Å². The van der Waals surface area contributed by atoms with Crippen LogP contribution in [0.3, 0.4) is 0 Å². The van der Waals surface area contributed by atoms with Gasteiger partial charge in [-0.25, -0.2) is 4.98 Å². The number of nitrogens with one attached hydrogen (secondary N) is 1. The summed E-state index contributed by atoms with van der Waals surface area (Å²) in [5.41, 5.74) is 0.0399. The van der Waals surface area contributed by atoms with Gasteiger partial charge in [0.25, 0.3) is 5.69 Å². The highest BCUT2D eigenvalue weighted by molar-refractivity contribution is 5.44. The number of hydrogen-bond acceptors (Lipinski definition) is 5. The van der Waals surface area contributed by atoms with E-state index >= 15 is 0 Å². The lowest BCUT2D eigenvalue weighted by Gasteiger charge is -2.25. The molecule has 0 spiro atoms. The smallest absolute Gasteiger partial charge is 0.287 e. The van der Waals surface area contributed by atoms with Gasteiger partial charge >= 0.3 is 0 Å². The van der Waals surface area contributed by atoms with E-state index in [9.17, 15) is 10.1 Å². The van der Waals surface area contributed by atoms with Crippen LogP contribution in [0.4, 0.5) is 11.5 Å². The predicted molar refractivity (Wildman–Crippen MR) is 65.2 cm³/mol. The second kappa shape index (κ2) is 5.09. The summed E-state index contributed by atoms with van der Waals surface area (Å²) in [6.45, 7) is 1.88. The van der Waals surface area contributed by atoms with Crippen LogP contribution in [0.5, 0.6) is 0 Å². The fraction of sp³-hybridized carbons (Fsp3) is 0.545. The van der Waals surface area contributed by atoms with Crippen molar-refractivity contribution in [3.05, 3.63) is 28.4 Å². The van der Waals surface area contributed by atoms with Crippen molar-refractivity contribution in [2.75, 3.05) is 25.0 Å². The van der Waals surface area contributed by atoms with Crippen LogP contribution in [-0.4, -0.2) is 36.1 Å². The second-order valence-electron chi connectivity index (χ2n) is 4.18. The molecule has 17 heavy (non-hydrogen) atoms. The first-order valence-electron chi connectivity index (χ1n) is 5.74. The fourth-order valence-corrected chi connectivity index (χ4v) is 2.24. The molecule has 1 aliphatic heterocycles. The van der Waals surface area contributed by atoms with E-state index < -0.39 is 4.92 Å². The van der Waals surface area contributed by atoms with Crippen LogP contribution in [0, 0.1) is 10.1 Å². The molecule has 1 aliphatic rings. The number of aromatic nitrogens is 1. The topological polar surface area (TPSA) is 71.3 Å².